The third-order valence-corrected chi connectivity index (χ3v) is 6.23. The van der Waals surface area contributed by atoms with Gasteiger partial charge in [0.2, 0.25) is 12.1 Å². The van der Waals surface area contributed by atoms with Crippen LogP contribution in [0.2, 0.25) is 0 Å². The minimum atomic E-state index is -1.82. The number of carbonyl (C=O) groups excluding carboxylic acids is 3. The van der Waals surface area contributed by atoms with Crippen molar-refractivity contribution < 1.29 is 47.5 Å². The number of halogens is 3. The quantitative estimate of drug-likeness (QED) is 0.283. The average Bonchev–Trinajstić information content (AvgIpc) is 3.10. The number of rotatable bonds is 7. The van der Waals surface area contributed by atoms with Crippen LogP contribution >= 0.6 is 34.8 Å². The summed E-state index contributed by atoms with van der Waals surface area (Å²) in [5, 5.41) is -0.575. The molecule has 2 bridgehead atoms. The maximum atomic E-state index is 11.8. The summed E-state index contributed by atoms with van der Waals surface area (Å²) in [6.45, 7) is 3.74. The normalized spacial score (nSPS) is 41.6. The van der Waals surface area contributed by atoms with Gasteiger partial charge in [-0.2, -0.15) is 0 Å². The molecule has 0 aliphatic carbocycles. The molecule has 3 heterocycles. The van der Waals surface area contributed by atoms with Gasteiger partial charge in [-0.15, -0.1) is 34.8 Å². The molecule has 0 aromatic rings. The fourth-order valence-electron chi connectivity index (χ4n) is 3.86. The van der Waals surface area contributed by atoms with E-state index in [1.54, 1.807) is 0 Å². The maximum absolute atomic E-state index is 11.8. The largest absolute Gasteiger partial charge is 0.456 e. The van der Waals surface area contributed by atoms with Gasteiger partial charge >= 0.3 is 17.9 Å². The molecule has 3 fully saturated rings. The van der Waals surface area contributed by atoms with Crippen LogP contribution in [-0.2, 0) is 47.5 Å². The lowest BCUT2D eigenvalue weighted by molar-refractivity contribution is -0.346. The van der Waals surface area contributed by atoms with Crippen LogP contribution in [0.4, 0.5) is 0 Å². The predicted octanol–water partition coefficient (Wildman–Crippen LogP) is 1.10. The highest BCUT2D eigenvalue weighted by Gasteiger charge is 2.63. The molecule has 9 atom stereocenters. The first-order valence-electron chi connectivity index (χ1n) is 9.52. The Hall–Kier alpha value is -0.880. The second-order valence-corrected chi connectivity index (χ2v) is 8.42. The molecule has 0 saturated carbocycles. The first-order valence-corrected chi connectivity index (χ1v) is 11.0. The summed E-state index contributed by atoms with van der Waals surface area (Å²) in [4.78, 5) is 35.1. The standard InChI is InChI=1S/C18H23Cl3O10/c1-7(22)26-13-10(4-19)30-18(6-20,16(13)28-9(3)24)31-17-15(27-8(2)23)14-12(21)11(29-17)5-25-14/h10-17H,4-6H2,1-3H3/t10-,11-,12+,13-,14+,15-,16+,17-,18+/m1/s1. The van der Waals surface area contributed by atoms with E-state index in [9.17, 15) is 14.4 Å². The lowest BCUT2D eigenvalue weighted by Gasteiger charge is -2.42. The van der Waals surface area contributed by atoms with E-state index < -0.39 is 72.0 Å². The van der Waals surface area contributed by atoms with E-state index in [4.69, 9.17) is 68.0 Å². The average molecular weight is 506 g/mol. The van der Waals surface area contributed by atoms with Gasteiger partial charge in [0.25, 0.3) is 0 Å². The van der Waals surface area contributed by atoms with Crippen molar-refractivity contribution in [2.24, 2.45) is 0 Å². The SMILES string of the molecule is CC(=O)O[C@@H]1[C@@H](CCl)O[C@@](CCl)(O[C@H]2O[C@@H]3CO[C@@H]([C@H]3Cl)[C@H]2OC(C)=O)[C@H]1OC(C)=O. The minimum absolute atomic E-state index is 0.116. The Morgan fingerprint density at radius 2 is 1.61 bits per heavy atom. The highest BCUT2D eigenvalue weighted by Crippen LogP contribution is 2.43. The zero-order chi connectivity index (χ0) is 22.9. The summed E-state index contributed by atoms with van der Waals surface area (Å²) in [6, 6.07) is 0. The van der Waals surface area contributed by atoms with Gasteiger partial charge in [0, 0.05) is 20.8 Å². The summed E-state index contributed by atoms with van der Waals surface area (Å²) >= 11 is 18.5. The maximum Gasteiger partial charge on any atom is 0.303 e. The Kier molecular flexibility index (Phi) is 7.94. The van der Waals surface area contributed by atoms with Crippen molar-refractivity contribution in [2.45, 2.75) is 74.8 Å². The van der Waals surface area contributed by atoms with E-state index in [0.29, 0.717) is 0 Å². The van der Waals surface area contributed by atoms with Gasteiger partial charge in [0.05, 0.1) is 23.7 Å². The Morgan fingerprint density at radius 1 is 1.00 bits per heavy atom. The van der Waals surface area contributed by atoms with E-state index >= 15 is 0 Å². The molecule has 31 heavy (non-hydrogen) atoms. The number of alkyl halides is 3. The minimum Gasteiger partial charge on any atom is -0.456 e. The molecule has 0 radical (unpaired) electrons. The van der Waals surface area contributed by atoms with E-state index in [1.807, 2.05) is 0 Å². The molecule has 3 aliphatic rings. The molecular weight excluding hydrogens is 483 g/mol. The monoisotopic (exact) mass is 504 g/mol. The van der Waals surface area contributed by atoms with Crippen LogP contribution in [0.25, 0.3) is 0 Å². The molecule has 0 spiro atoms. The molecule has 0 aromatic heterocycles. The van der Waals surface area contributed by atoms with Crippen LogP contribution in [0.15, 0.2) is 0 Å². The molecule has 0 N–H and O–H groups in total. The molecule has 3 aliphatic heterocycles. The summed E-state index contributed by atoms with van der Waals surface area (Å²) in [5.74, 6) is -4.24. The van der Waals surface area contributed by atoms with Gasteiger partial charge in [-0.3, -0.25) is 14.4 Å². The highest BCUT2D eigenvalue weighted by molar-refractivity contribution is 6.21. The fraction of sp³-hybridized carbons (Fsp3) is 0.833. The lowest BCUT2D eigenvalue weighted by Crippen LogP contribution is -2.59. The summed E-state index contributed by atoms with van der Waals surface area (Å²) in [5.41, 5.74) is 0. The number of esters is 3. The van der Waals surface area contributed by atoms with E-state index in [-0.39, 0.29) is 18.4 Å². The number of ether oxygens (including phenoxy) is 7. The first-order chi connectivity index (χ1) is 14.6. The molecule has 176 valence electrons. The summed E-state index contributed by atoms with van der Waals surface area (Å²) in [7, 11) is 0. The predicted molar refractivity (Wildman–Crippen MR) is 105 cm³/mol. The first kappa shape index (κ1) is 24.8. The summed E-state index contributed by atoms with van der Waals surface area (Å²) < 4.78 is 39.5. The third-order valence-electron chi connectivity index (χ3n) is 5.02. The Labute approximate surface area is 193 Å². The summed E-state index contributed by atoms with van der Waals surface area (Å²) in [6.07, 6.45) is -6.80. The van der Waals surface area contributed by atoms with Gasteiger partial charge < -0.3 is 33.2 Å². The fourth-order valence-corrected chi connectivity index (χ4v) is 4.72. The van der Waals surface area contributed by atoms with Gasteiger partial charge in [0.1, 0.15) is 18.3 Å². The van der Waals surface area contributed by atoms with Crippen molar-refractivity contribution in [3.63, 3.8) is 0 Å². The Bertz CT molecular complexity index is 708. The van der Waals surface area contributed by atoms with Crippen LogP contribution in [0.1, 0.15) is 20.8 Å². The van der Waals surface area contributed by atoms with E-state index in [0.717, 1.165) is 0 Å². The van der Waals surface area contributed by atoms with Gasteiger partial charge in [0.15, 0.2) is 18.3 Å². The second kappa shape index (κ2) is 9.94. The second-order valence-electron chi connectivity index (χ2n) is 7.34. The highest BCUT2D eigenvalue weighted by atomic mass is 35.5. The Morgan fingerprint density at radius 3 is 2.16 bits per heavy atom. The zero-order valence-electron chi connectivity index (χ0n) is 17.0. The molecule has 3 saturated heterocycles. The topological polar surface area (TPSA) is 116 Å². The van der Waals surface area contributed by atoms with Crippen LogP contribution in [0, 0.1) is 0 Å². The molecule has 3 rings (SSSR count). The lowest BCUT2D eigenvalue weighted by atomic mass is 10.0. The smallest absolute Gasteiger partial charge is 0.303 e. The Balaban J connectivity index is 1.93. The molecule has 0 unspecified atom stereocenters. The molecular formula is C18H23Cl3O10. The molecule has 10 nitrogen and oxygen atoms in total. The third kappa shape index (κ3) is 5.05. The molecule has 0 amide bonds. The number of fused-ring (bicyclic) bond motifs is 2. The van der Waals surface area contributed by atoms with Crippen molar-refractivity contribution in [2.75, 3.05) is 18.4 Å². The van der Waals surface area contributed by atoms with Crippen molar-refractivity contribution in [3.05, 3.63) is 0 Å². The van der Waals surface area contributed by atoms with Gasteiger partial charge in [-0.1, -0.05) is 0 Å². The van der Waals surface area contributed by atoms with Crippen LogP contribution in [-0.4, -0.2) is 90.4 Å². The van der Waals surface area contributed by atoms with E-state index in [1.165, 1.54) is 20.8 Å². The van der Waals surface area contributed by atoms with Crippen LogP contribution < -0.4 is 0 Å². The number of carbonyl (C=O) groups is 3. The van der Waals surface area contributed by atoms with Crippen molar-refractivity contribution in [1.82, 2.24) is 0 Å². The molecule has 0 aromatic carbocycles. The number of hydrogen-bond donors (Lipinski definition) is 0. The zero-order valence-corrected chi connectivity index (χ0v) is 19.2. The van der Waals surface area contributed by atoms with Gasteiger partial charge in [-0.25, -0.2) is 0 Å². The van der Waals surface area contributed by atoms with Crippen molar-refractivity contribution in [1.29, 1.82) is 0 Å². The van der Waals surface area contributed by atoms with Crippen molar-refractivity contribution in [3.8, 4) is 0 Å². The van der Waals surface area contributed by atoms with Gasteiger partial charge in [-0.05, 0) is 0 Å². The van der Waals surface area contributed by atoms with Crippen molar-refractivity contribution >= 4 is 52.7 Å². The van der Waals surface area contributed by atoms with Crippen LogP contribution in [0.3, 0.4) is 0 Å². The molecule has 13 heteroatoms. The van der Waals surface area contributed by atoms with Crippen LogP contribution in [0.5, 0.6) is 0 Å². The van der Waals surface area contributed by atoms with E-state index in [2.05, 4.69) is 0 Å². The number of hydrogen-bond acceptors (Lipinski definition) is 10.